The molecule has 0 bridgehead atoms. The summed E-state index contributed by atoms with van der Waals surface area (Å²) in [5, 5.41) is 21.5. The van der Waals surface area contributed by atoms with Crippen molar-refractivity contribution < 1.29 is 14.3 Å². The highest BCUT2D eigenvalue weighted by Gasteiger charge is 2.38. The third kappa shape index (κ3) is 4.76. The molecule has 2 atom stereocenters. The van der Waals surface area contributed by atoms with Crippen molar-refractivity contribution in [3.05, 3.63) is 22.6 Å². The Balaban J connectivity index is 2.31. The number of pyridine rings is 1. The molecule has 2 N–H and O–H groups in total. The predicted molar refractivity (Wildman–Crippen MR) is 97.8 cm³/mol. The number of carbonyl (C=O) groups is 1. The Morgan fingerprint density at radius 1 is 1.58 bits per heavy atom. The number of nitrogens with one attached hydrogen (secondary N) is 1. The van der Waals surface area contributed by atoms with Gasteiger partial charge >= 0.3 is 6.09 Å². The van der Waals surface area contributed by atoms with Crippen LogP contribution >= 0.6 is 11.6 Å². The van der Waals surface area contributed by atoms with Crippen LogP contribution in [-0.4, -0.2) is 38.7 Å². The van der Waals surface area contributed by atoms with Crippen LogP contribution in [0, 0.1) is 23.1 Å². The summed E-state index contributed by atoms with van der Waals surface area (Å²) in [6.45, 7) is 7.28. The van der Waals surface area contributed by atoms with E-state index in [1.807, 2.05) is 27.7 Å². The second-order valence-corrected chi connectivity index (χ2v) is 8.12. The first kappa shape index (κ1) is 20.2. The van der Waals surface area contributed by atoms with Gasteiger partial charge in [0.15, 0.2) is 11.6 Å². The second kappa shape index (κ2) is 7.67. The zero-order chi connectivity index (χ0) is 19.6. The molecule has 0 spiro atoms. The monoisotopic (exact) mass is 382 g/mol. The van der Waals surface area contributed by atoms with E-state index in [4.69, 9.17) is 16.9 Å². The molecule has 1 amide bonds. The van der Waals surface area contributed by atoms with Crippen molar-refractivity contribution in [3.63, 3.8) is 0 Å². The van der Waals surface area contributed by atoms with Gasteiger partial charge in [-0.1, -0.05) is 24.4 Å². The number of rotatable bonds is 6. The molecule has 1 aliphatic carbocycles. The summed E-state index contributed by atoms with van der Waals surface area (Å²) >= 11 is 5.92. The molecule has 0 aliphatic heterocycles. The van der Waals surface area contributed by atoms with Crippen molar-refractivity contribution in [2.24, 2.45) is 5.92 Å². The maximum absolute atomic E-state index is 14.3. The summed E-state index contributed by atoms with van der Waals surface area (Å²) in [6.07, 6.45) is 1.84. The van der Waals surface area contributed by atoms with E-state index in [2.05, 4.69) is 10.3 Å². The van der Waals surface area contributed by atoms with Gasteiger partial charge < -0.3 is 10.4 Å². The minimum Gasteiger partial charge on any atom is -0.465 e. The summed E-state index contributed by atoms with van der Waals surface area (Å²) < 4.78 is 14.3. The average Bonchev–Trinajstić information content (AvgIpc) is 3.31. The Bertz CT molecular complexity index is 725. The van der Waals surface area contributed by atoms with E-state index in [9.17, 15) is 14.3 Å². The number of amides is 1. The van der Waals surface area contributed by atoms with E-state index in [-0.39, 0.29) is 22.6 Å². The van der Waals surface area contributed by atoms with E-state index in [1.54, 1.807) is 6.07 Å². The second-order valence-electron chi connectivity index (χ2n) is 7.76. The lowest BCUT2D eigenvalue weighted by molar-refractivity contribution is 0.0678. The first-order valence-corrected chi connectivity index (χ1v) is 8.97. The molecular weight excluding hydrogens is 359 g/mol. The lowest BCUT2D eigenvalue weighted by Gasteiger charge is -2.42. The number of anilines is 1. The van der Waals surface area contributed by atoms with Gasteiger partial charge in [-0.25, -0.2) is 14.2 Å². The van der Waals surface area contributed by atoms with E-state index < -0.39 is 23.5 Å². The van der Waals surface area contributed by atoms with Gasteiger partial charge in [0.05, 0.1) is 11.6 Å². The molecule has 1 aromatic heterocycles. The van der Waals surface area contributed by atoms with Gasteiger partial charge in [-0.2, -0.15) is 5.26 Å². The molecule has 0 radical (unpaired) electrons. The minimum absolute atomic E-state index is 0.0386. The summed E-state index contributed by atoms with van der Waals surface area (Å²) in [4.78, 5) is 17.1. The number of hydrogen-bond acceptors (Lipinski definition) is 4. The smallest absolute Gasteiger partial charge is 0.408 e. The van der Waals surface area contributed by atoms with Crippen LogP contribution in [0.5, 0.6) is 0 Å². The van der Waals surface area contributed by atoms with Crippen LogP contribution in [0.2, 0.25) is 5.15 Å². The Kier molecular flexibility index (Phi) is 5.97. The Morgan fingerprint density at radius 3 is 2.65 bits per heavy atom. The molecule has 0 unspecified atom stereocenters. The van der Waals surface area contributed by atoms with Crippen LogP contribution in [0.25, 0.3) is 0 Å². The van der Waals surface area contributed by atoms with Crippen LogP contribution in [0.15, 0.2) is 6.07 Å². The van der Waals surface area contributed by atoms with Gasteiger partial charge in [0.2, 0.25) is 0 Å². The molecule has 1 fully saturated rings. The van der Waals surface area contributed by atoms with Crippen molar-refractivity contribution in [2.75, 3.05) is 5.32 Å². The highest BCUT2D eigenvalue weighted by molar-refractivity contribution is 6.30. The van der Waals surface area contributed by atoms with E-state index in [1.165, 1.54) is 4.90 Å². The molecule has 1 saturated carbocycles. The lowest BCUT2D eigenvalue weighted by atomic mass is 9.96. The standard InChI is InChI=1S/C18H24ClFN4O2/c1-10(24(17(25)26)18(2,3)4)14(7-11-5-6-11)22-16-13(20)8-12(9-21)15(19)23-16/h8,10-11,14H,5-7H2,1-4H3,(H,22,23)(H,25,26)/t10-,14+/m0/s1. The maximum atomic E-state index is 14.3. The third-order valence-corrected chi connectivity index (χ3v) is 4.86. The largest absolute Gasteiger partial charge is 0.465 e. The van der Waals surface area contributed by atoms with Crippen molar-refractivity contribution in [1.82, 2.24) is 9.88 Å². The highest BCUT2D eigenvalue weighted by Crippen LogP contribution is 2.36. The molecule has 6 nitrogen and oxygen atoms in total. The fraction of sp³-hybridized carbons (Fsp3) is 0.611. The van der Waals surface area contributed by atoms with Crippen LogP contribution < -0.4 is 5.32 Å². The number of nitriles is 1. The van der Waals surface area contributed by atoms with Gasteiger partial charge in [0, 0.05) is 11.6 Å². The first-order valence-electron chi connectivity index (χ1n) is 8.59. The fourth-order valence-electron chi connectivity index (χ4n) is 3.16. The molecule has 2 rings (SSSR count). The number of aromatic nitrogens is 1. The highest BCUT2D eigenvalue weighted by atomic mass is 35.5. The summed E-state index contributed by atoms with van der Waals surface area (Å²) in [5.74, 6) is -0.259. The first-order chi connectivity index (χ1) is 12.0. The van der Waals surface area contributed by atoms with Crippen molar-refractivity contribution >= 4 is 23.5 Å². The third-order valence-electron chi connectivity index (χ3n) is 4.57. The topological polar surface area (TPSA) is 89.3 Å². The summed E-state index contributed by atoms with van der Waals surface area (Å²) in [5.41, 5.74) is -0.647. The van der Waals surface area contributed by atoms with Crippen LogP contribution in [0.1, 0.15) is 52.5 Å². The van der Waals surface area contributed by atoms with E-state index in [0.717, 1.165) is 18.9 Å². The Morgan fingerprint density at radius 2 is 2.19 bits per heavy atom. The van der Waals surface area contributed by atoms with E-state index >= 15 is 0 Å². The molecular formula is C18H24ClFN4O2. The van der Waals surface area contributed by atoms with Gasteiger partial charge in [-0.05, 0) is 46.1 Å². The molecule has 26 heavy (non-hydrogen) atoms. The Hall–Kier alpha value is -2.07. The molecule has 8 heteroatoms. The van der Waals surface area contributed by atoms with Gasteiger partial charge in [-0.15, -0.1) is 0 Å². The average molecular weight is 383 g/mol. The SMILES string of the molecule is C[C@@H]([C@@H](CC1CC1)Nc1nc(Cl)c(C#N)cc1F)N(C(=O)O)C(C)(C)C. The number of halogens is 2. The quantitative estimate of drug-likeness (QED) is 0.707. The van der Waals surface area contributed by atoms with Crippen molar-refractivity contribution in [2.45, 2.75) is 64.6 Å². The molecule has 0 aromatic carbocycles. The predicted octanol–water partition coefficient (Wildman–Crippen LogP) is 4.49. The molecule has 0 saturated heterocycles. The van der Waals surface area contributed by atoms with E-state index in [0.29, 0.717) is 12.3 Å². The number of hydrogen-bond donors (Lipinski definition) is 2. The van der Waals surface area contributed by atoms with Crippen LogP contribution in [0.4, 0.5) is 15.0 Å². The molecule has 1 aliphatic rings. The van der Waals surface area contributed by atoms with Gasteiger partial charge in [-0.3, -0.25) is 4.90 Å². The maximum Gasteiger partial charge on any atom is 0.408 e. The zero-order valence-corrected chi connectivity index (χ0v) is 16.1. The summed E-state index contributed by atoms with van der Waals surface area (Å²) in [7, 11) is 0. The fourth-order valence-corrected chi connectivity index (χ4v) is 3.34. The lowest BCUT2D eigenvalue weighted by Crippen LogP contribution is -2.56. The van der Waals surface area contributed by atoms with Gasteiger partial charge in [0.1, 0.15) is 11.2 Å². The molecule has 1 heterocycles. The van der Waals surface area contributed by atoms with Crippen molar-refractivity contribution in [3.8, 4) is 6.07 Å². The minimum atomic E-state index is -1.03. The van der Waals surface area contributed by atoms with Crippen LogP contribution in [-0.2, 0) is 0 Å². The Labute approximate surface area is 158 Å². The molecule has 1 aromatic rings. The zero-order valence-electron chi connectivity index (χ0n) is 15.4. The normalized spacial score (nSPS) is 16.5. The number of nitrogens with zero attached hydrogens (tertiary/aromatic N) is 3. The number of carboxylic acid groups (broad SMARTS) is 1. The summed E-state index contributed by atoms with van der Waals surface area (Å²) in [6, 6.07) is 2.08. The van der Waals surface area contributed by atoms with Gasteiger partial charge in [0.25, 0.3) is 0 Å². The molecule has 142 valence electrons. The van der Waals surface area contributed by atoms with Crippen LogP contribution in [0.3, 0.4) is 0 Å². The van der Waals surface area contributed by atoms with Crippen molar-refractivity contribution in [1.29, 1.82) is 5.26 Å².